The van der Waals surface area contributed by atoms with Crippen molar-refractivity contribution in [2.75, 3.05) is 6.54 Å². The lowest BCUT2D eigenvalue weighted by molar-refractivity contribution is 0.0516. The van der Waals surface area contributed by atoms with Crippen molar-refractivity contribution < 1.29 is 28.7 Å². The normalized spacial score (nSPS) is 13.4. The fourth-order valence-corrected chi connectivity index (χ4v) is 4.53. The van der Waals surface area contributed by atoms with E-state index in [0.29, 0.717) is 11.1 Å². The number of ether oxygens (including phenoxy) is 2. The highest BCUT2D eigenvalue weighted by Crippen LogP contribution is 2.34. The molecule has 0 saturated heterocycles. The van der Waals surface area contributed by atoms with Gasteiger partial charge in [-0.3, -0.25) is 9.59 Å². The lowest BCUT2D eigenvalue weighted by Gasteiger charge is -2.21. The van der Waals surface area contributed by atoms with Crippen molar-refractivity contribution in [1.82, 2.24) is 14.9 Å². The SMILES string of the molecule is CC(C)(C)OC(=O)NCCc1cn(C(=O)OC(C)(C)C)c2c1C(=O)c1cc3ncsc3cc1C2=O. The van der Waals surface area contributed by atoms with E-state index in [0.717, 1.165) is 9.27 Å². The highest BCUT2D eigenvalue weighted by molar-refractivity contribution is 7.16. The van der Waals surface area contributed by atoms with E-state index in [4.69, 9.17) is 9.47 Å². The lowest BCUT2D eigenvalue weighted by atomic mass is 9.85. The second-order valence-electron chi connectivity index (χ2n) is 10.3. The zero-order valence-electron chi connectivity index (χ0n) is 20.5. The van der Waals surface area contributed by atoms with E-state index >= 15 is 0 Å². The average molecular weight is 498 g/mol. The third-order valence-corrected chi connectivity index (χ3v) is 5.93. The molecule has 9 nitrogen and oxygen atoms in total. The Morgan fingerprint density at radius 3 is 2.31 bits per heavy atom. The number of fused-ring (bicyclic) bond motifs is 3. The minimum atomic E-state index is -0.804. The summed E-state index contributed by atoms with van der Waals surface area (Å²) < 4.78 is 12.6. The van der Waals surface area contributed by atoms with E-state index < -0.39 is 29.2 Å². The fraction of sp³-hybridized carbons (Fsp3) is 0.400. The summed E-state index contributed by atoms with van der Waals surface area (Å²) >= 11 is 1.36. The van der Waals surface area contributed by atoms with Crippen LogP contribution in [0.1, 0.15) is 79.1 Å². The second kappa shape index (κ2) is 8.60. The maximum absolute atomic E-state index is 13.6. The van der Waals surface area contributed by atoms with Gasteiger partial charge in [0.15, 0.2) is 5.78 Å². The molecule has 35 heavy (non-hydrogen) atoms. The predicted octanol–water partition coefficient (Wildman–Crippen LogP) is 4.72. The second-order valence-corrected chi connectivity index (χ2v) is 11.2. The summed E-state index contributed by atoms with van der Waals surface area (Å²) in [6.45, 7) is 10.6. The number of carbonyl (C=O) groups is 4. The number of carbonyl (C=O) groups excluding carboxylic acids is 4. The van der Waals surface area contributed by atoms with Gasteiger partial charge in [-0.05, 0) is 65.7 Å². The monoisotopic (exact) mass is 497 g/mol. The highest BCUT2D eigenvalue weighted by Gasteiger charge is 2.38. The topological polar surface area (TPSA) is 117 Å². The van der Waals surface area contributed by atoms with Crippen molar-refractivity contribution in [3.8, 4) is 0 Å². The number of alkyl carbamates (subject to hydrolysis) is 1. The first-order valence-electron chi connectivity index (χ1n) is 11.2. The first kappa shape index (κ1) is 24.6. The van der Waals surface area contributed by atoms with E-state index in [1.807, 2.05) is 0 Å². The van der Waals surface area contributed by atoms with Crippen LogP contribution in [0.4, 0.5) is 9.59 Å². The van der Waals surface area contributed by atoms with Gasteiger partial charge >= 0.3 is 12.2 Å². The lowest BCUT2D eigenvalue weighted by Crippen LogP contribution is -2.33. The van der Waals surface area contributed by atoms with Gasteiger partial charge in [-0.1, -0.05) is 0 Å². The molecule has 184 valence electrons. The van der Waals surface area contributed by atoms with E-state index in [-0.39, 0.29) is 41.1 Å². The summed E-state index contributed by atoms with van der Waals surface area (Å²) in [6, 6.07) is 3.25. The molecule has 0 spiro atoms. The van der Waals surface area contributed by atoms with Crippen molar-refractivity contribution >= 4 is 45.3 Å². The Hall–Kier alpha value is -3.53. The van der Waals surface area contributed by atoms with Crippen molar-refractivity contribution in [2.45, 2.75) is 59.2 Å². The molecule has 1 aromatic carbocycles. The van der Waals surface area contributed by atoms with Crippen molar-refractivity contribution in [3.63, 3.8) is 0 Å². The third-order valence-electron chi connectivity index (χ3n) is 5.14. The van der Waals surface area contributed by atoms with Crippen LogP contribution in [0.25, 0.3) is 10.2 Å². The zero-order valence-corrected chi connectivity index (χ0v) is 21.3. The molecule has 0 radical (unpaired) electrons. The summed E-state index contributed by atoms with van der Waals surface area (Å²) in [5.74, 6) is -0.818. The molecule has 4 rings (SSSR count). The van der Waals surface area contributed by atoms with Crippen LogP contribution >= 0.6 is 11.3 Å². The minimum absolute atomic E-state index is 0.0344. The van der Waals surface area contributed by atoms with Crippen LogP contribution in [-0.4, -0.2) is 51.1 Å². The van der Waals surface area contributed by atoms with Gasteiger partial charge in [-0.25, -0.2) is 19.1 Å². The third kappa shape index (κ3) is 4.97. The number of thiazole rings is 1. The van der Waals surface area contributed by atoms with Gasteiger partial charge in [0, 0.05) is 23.9 Å². The van der Waals surface area contributed by atoms with E-state index in [2.05, 4.69) is 10.3 Å². The molecule has 0 fully saturated rings. The maximum Gasteiger partial charge on any atom is 0.419 e. The van der Waals surface area contributed by atoms with E-state index in [1.54, 1.807) is 59.2 Å². The van der Waals surface area contributed by atoms with Crippen LogP contribution in [0.15, 0.2) is 23.8 Å². The Morgan fingerprint density at radius 1 is 1.00 bits per heavy atom. The Balaban J connectivity index is 1.73. The molecule has 1 aliphatic rings. The molecule has 0 atom stereocenters. The molecule has 0 unspecified atom stereocenters. The molecule has 10 heteroatoms. The van der Waals surface area contributed by atoms with Crippen LogP contribution in [-0.2, 0) is 15.9 Å². The van der Waals surface area contributed by atoms with Gasteiger partial charge < -0.3 is 14.8 Å². The number of benzene rings is 1. The number of nitrogens with zero attached hydrogens (tertiary/aromatic N) is 2. The van der Waals surface area contributed by atoms with Crippen molar-refractivity contribution in [2.24, 2.45) is 0 Å². The van der Waals surface area contributed by atoms with Crippen LogP contribution in [0, 0.1) is 0 Å². The fourth-order valence-electron chi connectivity index (χ4n) is 3.83. The van der Waals surface area contributed by atoms with Gasteiger partial charge in [0.2, 0.25) is 5.78 Å². The molecule has 0 bridgehead atoms. The number of hydrogen-bond acceptors (Lipinski definition) is 8. The first-order chi connectivity index (χ1) is 16.2. The first-order valence-corrected chi connectivity index (χ1v) is 12.0. The molecular formula is C25H27N3O6S. The Bertz CT molecular complexity index is 1370. The Labute approximate surface area is 206 Å². The summed E-state index contributed by atoms with van der Waals surface area (Å²) in [7, 11) is 0. The van der Waals surface area contributed by atoms with Crippen LogP contribution in [0.5, 0.6) is 0 Å². The summed E-state index contributed by atoms with van der Waals surface area (Å²) in [5.41, 5.74) is 1.82. The Morgan fingerprint density at radius 2 is 1.66 bits per heavy atom. The van der Waals surface area contributed by atoms with Crippen LogP contribution in [0.2, 0.25) is 0 Å². The van der Waals surface area contributed by atoms with Crippen LogP contribution in [0.3, 0.4) is 0 Å². The predicted molar refractivity (Wildman–Crippen MR) is 130 cm³/mol. The molecule has 2 aromatic heterocycles. The molecule has 2 heterocycles. The van der Waals surface area contributed by atoms with Gasteiger partial charge in [0.05, 0.1) is 21.3 Å². The molecule has 1 amide bonds. The van der Waals surface area contributed by atoms with E-state index in [9.17, 15) is 19.2 Å². The smallest absolute Gasteiger partial charge is 0.419 e. The highest BCUT2D eigenvalue weighted by atomic mass is 32.1. The quantitative estimate of drug-likeness (QED) is 0.435. The molecular weight excluding hydrogens is 470 g/mol. The van der Waals surface area contributed by atoms with Crippen molar-refractivity contribution in [3.05, 3.63) is 51.8 Å². The van der Waals surface area contributed by atoms with Gasteiger partial charge in [-0.2, -0.15) is 0 Å². The number of ketones is 2. The summed E-state index contributed by atoms with van der Waals surface area (Å²) in [4.78, 5) is 56.5. The summed E-state index contributed by atoms with van der Waals surface area (Å²) in [6.07, 6.45) is 0.280. The Kier molecular flexibility index (Phi) is 6.04. The molecule has 3 aromatic rings. The number of rotatable bonds is 3. The van der Waals surface area contributed by atoms with Gasteiger partial charge in [0.25, 0.3) is 0 Å². The number of aromatic nitrogens is 2. The largest absolute Gasteiger partial charge is 0.444 e. The van der Waals surface area contributed by atoms with Crippen molar-refractivity contribution in [1.29, 1.82) is 0 Å². The molecule has 0 saturated carbocycles. The zero-order chi connectivity index (χ0) is 25.7. The van der Waals surface area contributed by atoms with Crippen LogP contribution < -0.4 is 5.32 Å². The molecule has 0 aliphatic heterocycles. The number of amides is 1. The van der Waals surface area contributed by atoms with Gasteiger partial charge in [-0.15, -0.1) is 11.3 Å². The molecule has 1 aliphatic carbocycles. The summed E-state index contributed by atoms with van der Waals surface area (Å²) in [5, 5.41) is 2.65. The standard InChI is InChI=1S/C25H27N3O6S/c1-24(2,3)33-22(31)26-8-7-13-11-28(23(32)34-25(4,5)6)19-18(13)20(29)14-9-16-17(35-12-27-16)10-15(14)21(19)30/h9-12H,7-8H2,1-6H3,(H,26,31). The molecule has 1 N–H and O–H groups in total. The number of nitrogens with one attached hydrogen (secondary N) is 1. The minimum Gasteiger partial charge on any atom is -0.444 e. The van der Waals surface area contributed by atoms with Gasteiger partial charge in [0.1, 0.15) is 16.9 Å². The van der Waals surface area contributed by atoms with E-state index in [1.165, 1.54) is 17.5 Å². The number of hydrogen-bond donors (Lipinski definition) is 1. The average Bonchev–Trinajstić information content (AvgIpc) is 3.33. The maximum atomic E-state index is 13.6.